The number of anilines is 1. The molecule has 1 N–H and O–H groups in total. The van der Waals surface area contributed by atoms with Crippen LogP contribution >= 0.6 is 0 Å². The fourth-order valence-electron chi connectivity index (χ4n) is 2.58. The zero-order chi connectivity index (χ0) is 23.0. The minimum atomic E-state index is -0.946. The Morgan fingerprint density at radius 1 is 1.13 bits per heavy atom. The molecule has 2 amide bonds. The maximum Gasteiger partial charge on any atom is 0.347 e. The molecule has 2 aromatic carbocycles. The normalized spacial score (nSPS) is 11.1. The van der Waals surface area contributed by atoms with Crippen molar-refractivity contribution in [1.29, 1.82) is 5.26 Å². The van der Waals surface area contributed by atoms with Crippen LogP contribution in [0.4, 0.5) is 5.69 Å². The molecule has 0 spiro atoms. The number of hydrogen-bond donors (Lipinski definition) is 1. The highest BCUT2D eigenvalue weighted by atomic mass is 16.6. The SMILES string of the molecule is Cc1ccc(C)c(NC(=O)CN(C)C(=O)COC(=O)[C@@H](C)Oc2ccc(C#N)cc2)c1. The lowest BCUT2D eigenvalue weighted by Crippen LogP contribution is -2.38. The van der Waals surface area contributed by atoms with Crippen LogP contribution in [0.1, 0.15) is 23.6 Å². The molecule has 0 aromatic heterocycles. The van der Waals surface area contributed by atoms with Crippen LogP contribution < -0.4 is 10.1 Å². The van der Waals surface area contributed by atoms with Crippen molar-refractivity contribution >= 4 is 23.5 Å². The molecule has 0 heterocycles. The molecular weight excluding hydrogens is 398 g/mol. The predicted molar refractivity (Wildman–Crippen MR) is 114 cm³/mol. The topological polar surface area (TPSA) is 109 Å². The van der Waals surface area contributed by atoms with Crippen molar-refractivity contribution in [3.63, 3.8) is 0 Å². The smallest absolute Gasteiger partial charge is 0.347 e. The molecule has 0 saturated carbocycles. The van der Waals surface area contributed by atoms with Crippen LogP contribution in [-0.2, 0) is 19.1 Å². The number of carbonyl (C=O) groups excluding carboxylic acids is 3. The third kappa shape index (κ3) is 7.16. The van der Waals surface area contributed by atoms with Gasteiger partial charge >= 0.3 is 5.97 Å². The monoisotopic (exact) mass is 423 g/mol. The van der Waals surface area contributed by atoms with Gasteiger partial charge in [0.1, 0.15) is 5.75 Å². The first-order chi connectivity index (χ1) is 14.7. The van der Waals surface area contributed by atoms with Gasteiger partial charge in [0.05, 0.1) is 18.2 Å². The average molecular weight is 423 g/mol. The fraction of sp³-hybridized carbons (Fsp3) is 0.304. The van der Waals surface area contributed by atoms with Gasteiger partial charge in [-0.3, -0.25) is 9.59 Å². The Hall–Kier alpha value is -3.86. The summed E-state index contributed by atoms with van der Waals surface area (Å²) < 4.78 is 10.4. The summed E-state index contributed by atoms with van der Waals surface area (Å²) >= 11 is 0. The molecule has 0 aliphatic rings. The van der Waals surface area contributed by atoms with E-state index in [9.17, 15) is 14.4 Å². The number of rotatable bonds is 8. The number of esters is 1. The molecule has 0 radical (unpaired) electrons. The minimum absolute atomic E-state index is 0.180. The second-order valence-electron chi connectivity index (χ2n) is 7.12. The van der Waals surface area contributed by atoms with Gasteiger partial charge in [0.2, 0.25) is 5.91 Å². The van der Waals surface area contributed by atoms with E-state index >= 15 is 0 Å². The maximum atomic E-state index is 12.2. The summed E-state index contributed by atoms with van der Waals surface area (Å²) in [4.78, 5) is 37.7. The summed E-state index contributed by atoms with van der Waals surface area (Å²) in [6.07, 6.45) is -0.946. The minimum Gasteiger partial charge on any atom is -0.479 e. The van der Waals surface area contributed by atoms with E-state index in [1.807, 2.05) is 38.1 Å². The number of aryl methyl sites for hydroxylation is 2. The first kappa shape index (κ1) is 23.4. The number of benzene rings is 2. The number of amides is 2. The molecule has 31 heavy (non-hydrogen) atoms. The van der Waals surface area contributed by atoms with Crippen molar-refractivity contribution in [2.75, 3.05) is 25.5 Å². The molecule has 0 bridgehead atoms. The Morgan fingerprint density at radius 2 is 1.81 bits per heavy atom. The highest BCUT2D eigenvalue weighted by molar-refractivity contribution is 5.95. The highest BCUT2D eigenvalue weighted by Crippen LogP contribution is 2.16. The number of ether oxygens (including phenoxy) is 2. The summed E-state index contributed by atoms with van der Waals surface area (Å²) in [7, 11) is 1.45. The summed E-state index contributed by atoms with van der Waals surface area (Å²) in [6.45, 7) is 4.61. The molecule has 2 rings (SSSR count). The van der Waals surface area contributed by atoms with Crippen molar-refractivity contribution in [3.8, 4) is 11.8 Å². The number of carbonyl (C=O) groups is 3. The Kier molecular flexibility index (Phi) is 8.15. The van der Waals surface area contributed by atoms with Crippen molar-refractivity contribution in [1.82, 2.24) is 4.90 Å². The standard InChI is InChI=1S/C23H25N3O5/c1-15-5-6-16(2)20(11-15)25-21(27)13-26(4)22(28)14-30-23(29)17(3)31-19-9-7-18(12-24)8-10-19/h5-11,17H,13-14H2,1-4H3,(H,25,27)/t17-/m1/s1. The van der Waals surface area contributed by atoms with Gasteiger partial charge < -0.3 is 19.7 Å². The second kappa shape index (κ2) is 10.8. The predicted octanol–water partition coefficient (Wildman–Crippen LogP) is 2.58. The van der Waals surface area contributed by atoms with Gasteiger partial charge in [0, 0.05) is 12.7 Å². The Balaban J connectivity index is 1.79. The van der Waals surface area contributed by atoms with E-state index in [2.05, 4.69) is 5.32 Å². The zero-order valence-electron chi connectivity index (χ0n) is 18.0. The van der Waals surface area contributed by atoms with Crippen LogP contribution in [0, 0.1) is 25.2 Å². The summed E-state index contributed by atoms with van der Waals surface area (Å²) in [5.74, 6) is -1.19. The highest BCUT2D eigenvalue weighted by Gasteiger charge is 2.20. The lowest BCUT2D eigenvalue weighted by Gasteiger charge is -2.18. The lowest BCUT2D eigenvalue weighted by molar-refractivity contribution is -0.157. The molecule has 0 aliphatic carbocycles. The van der Waals surface area contributed by atoms with Crippen molar-refractivity contribution in [3.05, 3.63) is 59.2 Å². The zero-order valence-corrected chi connectivity index (χ0v) is 18.0. The number of nitrogens with one attached hydrogen (secondary N) is 1. The number of nitrogens with zero attached hydrogens (tertiary/aromatic N) is 2. The van der Waals surface area contributed by atoms with E-state index < -0.39 is 24.6 Å². The van der Waals surface area contributed by atoms with Crippen LogP contribution in [0.2, 0.25) is 0 Å². The summed E-state index contributed by atoms with van der Waals surface area (Å²) in [5.41, 5.74) is 3.08. The molecule has 8 nitrogen and oxygen atoms in total. The van der Waals surface area contributed by atoms with Gasteiger partial charge in [-0.2, -0.15) is 5.26 Å². The Bertz CT molecular complexity index is 995. The second-order valence-corrected chi connectivity index (χ2v) is 7.12. The van der Waals surface area contributed by atoms with Crippen LogP contribution in [0.3, 0.4) is 0 Å². The van der Waals surface area contributed by atoms with Crippen LogP contribution in [-0.4, -0.2) is 49.0 Å². The van der Waals surface area contributed by atoms with Crippen LogP contribution in [0.25, 0.3) is 0 Å². The van der Waals surface area contributed by atoms with Gasteiger partial charge in [-0.25, -0.2) is 4.79 Å². The summed E-state index contributed by atoms with van der Waals surface area (Å²) in [5, 5.41) is 11.6. The van der Waals surface area contributed by atoms with Gasteiger partial charge in [-0.1, -0.05) is 12.1 Å². The largest absolute Gasteiger partial charge is 0.479 e. The van der Waals surface area contributed by atoms with Gasteiger partial charge in [-0.05, 0) is 62.2 Å². The fourth-order valence-corrected chi connectivity index (χ4v) is 2.58. The van der Waals surface area contributed by atoms with Gasteiger partial charge in [0.15, 0.2) is 12.7 Å². The van der Waals surface area contributed by atoms with E-state index in [4.69, 9.17) is 14.7 Å². The Morgan fingerprint density at radius 3 is 2.45 bits per heavy atom. The quantitative estimate of drug-likeness (QED) is 0.654. The Labute approximate surface area is 181 Å². The van der Waals surface area contributed by atoms with E-state index in [-0.39, 0.29) is 12.5 Å². The molecule has 2 aromatic rings. The van der Waals surface area contributed by atoms with Crippen molar-refractivity contribution in [2.45, 2.75) is 26.9 Å². The van der Waals surface area contributed by atoms with Crippen molar-refractivity contribution in [2.24, 2.45) is 0 Å². The molecule has 1 atom stereocenters. The van der Waals surface area contributed by atoms with E-state index in [0.29, 0.717) is 17.0 Å². The maximum absolute atomic E-state index is 12.2. The third-order valence-electron chi connectivity index (χ3n) is 4.44. The summed E-state index contributed by atoms with van der Waals surface area (Å²) in [6, 6.07) is 13.9. The van der Waals surface area contributed by atoms with E-state index in [0.717, 1.165) is 11.1 Å². The van der Waals surface area contributed by atoms with Gasteiger partial charge in [0.25, 0.3) is 5.91 Å². The first-order valence-corrected chi connectivity index (χ1v) is 9.64. The van der Waals surface area contributed by atoms with Gasteiger partial charge in [-0.15, -0.1) is 0 Å². The van der Waals surface area contributed by atoms with Crippen molar-refractivity contribution < 1.29 is 23.9 Å². The first-order valence-electron chi connectivity index (χ1n) is 9.64. The molecular formula is C23H25N3O5. The lowest BCUT2D eigenvalue weighted by atomic mass is 10.1. The van der Waals surface area contributed by atoms with E-state index in [1.165, 1.54) is 18.9 Å². The molecule has 0 saturated heterocycles. The molecule has 162 valence electrons. The average Bonchev–Trinajstić information content (AvgIpc) is 2.74. The van der Waals surface area contributed by atoms with Crippen LogP contribution in [0.15, 0.2) is 42.5 Å². The third-order valence-corrected chi connectivity index (χ3v) is 4.44. The van der Waals surface area contributed by atoms with E-state index in [1.54, 1.807) is 24.3 Å². The van der Waals surface area contributed by atoms with Crippen LogP contribution in [0.5, 0.6) is 5.75 Å². The molecule has 8 heteroatoms. The number of likely N-dealkylation sites (N-methyl/N-ethyl adjacent to an activating group) is 1. The number of nitriles is 1. The molecule has 0 unspecified atom stereocenters. The molecule has 0 aliphatic heterocycles. The number of hydrogen-bond acceptors (Lipinski definition) is 6. The molecule has 0 fully saturated rings.